The summed E-state index contributed by atoms with van der Waals surface area (Å²) in [6.07, 6.45) is 3.67. The van der Waals surface area contributed by atoms with Gasteiger partial charge in [0.05, 0.1) is 19.3 Å². The Hall–Kier alpha value is -1.39. The van der Waals surface area contributed by atoms with Crippen LogP contribution in [-0.2, 0) is 20.8 Å². The topological polar surface area (TPSA) is 38.8 Å². The summed E-state index contributed by atoms with van der Waals surface area (Å²) >= 11 is 0. The Bertz CT molecular complexity index is 415. The zero-order valence-corrected chi connectivity index (χ0v) is 12.8. The van der Waals surface area contributed by atoms with Crippen molar-refractivity contribution in [2.24, 2.45) is 0 Å². The molecule has 4 nitrogen and oxygen atoms in total. The average molecular weight is 291 g/mol. The van der Waals surface area contributed by atoms with Crippen LogP contribution in [0.15, 0.2) is 30.3 Å². The van der Waals surface area contributed by atoms with Gasteiger partial charge in [0.2, 0.25) is 0 Å². The van der Waals surface area contributed by atoms with Crippen LogP contribution in [0, 0.1) is 0 Å². The number of benzene rings is 1. The lowest BCUT2D eigenvalue weighted by Crippen LogP contribution is -2.38. The van der Waals surface area contributed by atoms with Gasteiger partial charge in [0.1, 0.15) is 0 Å². The maximum atomic E-state index is 11.8. The van der Waals surface area contributed by atoms with Gasteiger partial charge in [0, 0.05) is 19.7 Å². The van der Waals surface area contributed by atoms with E-state index in [9.17, 15) is 4.79 Å². The predicted octanol–water partition coefficient (Wildman–Crippen LogP) is 2.62. The van der Waals surface area contributed by atoms with E-state index in [-0.39, 0.29) is 12.1 Å². The Kier molecular flexibility index (Phi) is 6.70. The number of esters is 1. The minimum atomic E-state index is -0.163. The Morgan fingerprint density at radius 1 is 1.33 bits per heavy atom. The molecular weight excluding hydrogens is 266 g/mol. The van der Waals surface area contributed by atoms with Gasteiger partial charge in [-0.3, -0.25) is 9.69 Å². The van der Waals surface area contributed by atoms with E-state index in [0.29, 0.717) is 13.2 Å². The molecule has 0 aliphatic carbocycles. The highest BCUT2D eigenvalue weighted by atomic mass is 16.5. The van der Waals surface area contributed by atoms with E-state index in [1.807, 2.05) is 25.1 Å². The van der Waals surface area contributed by atoms with Gasteiger partial charge < -0.3 is 9.47 Å². The third-order valence-corrected chi connectivity index (χ3v) is 3.64. The minimum Gasteiger partial charge on any atom is -0.465 e. The summed E-state index contributed by atoms with van der Waals surface area (Å²) < 4.78 is 10.9. The zero-order chi connectivity index (χ0) is 14.9. The molecule has 0 spiro atoms. The van der Waals surface area contributed by atoms with Crippen molar-refractivity contribution >= 4 is 5.97 Å². The fourth-order valence-electron chi connectivity index (χ4n) is 2.66. The molecule has 4 heteroatoms. The van der Waals surface area contributed by atoms with Crippen LogP contribution >= 0.6 is 0 Å². The Balaban J connectivity index is 1.93. The molecule has 0 N–H and O–H groups in total. The lowest BCUT2D eigenvalue weighted by molar-refractivity contribution is -0.145. The highest BCUT2D eigenvalue weighted by Crippen LogP contribution is 2.15. The molecule has 0 saturated carbocycles. The predicted molar refractivity (Wildman–Crippen MR) is 81.9 cm³/mol. The Morgan fingerprint density at radius 2 is 2.14 bits per heavy atom. The molecule has 1 saturated heterocycles. The first-order chi connectivity index (χ1) is 10.3. The molecule has 1 heterocycles. The summed E-state index contributed by atoms with van der Waals surface area (Å²) in [5, 5.41) is 0. The van der Waals surface area contributed by atoms with Gasteiger partial charge in [-0.05, 0) is 31.7 Å². The van der Waals surface area contributed by atoms with Gasteiger partial charge in [-0.25, -0.2) is 0 Å². The molecule has 0 bridgehead atoms. The third kappa shape index (κ3) is 5.86. The van der Waals surface area contributed by atoms with Crippen molar-refractivity contribution in [2.45, 2.75) is 38.8 Å². The summed E-state index contributed by atoms with van der Waals surface area (Å²) in [5.41, 5.74) is 1.21. The van der Waals surface area contributed by atoms with Crippen molar-refractivity contribution in [3.8, 4) is 0 Å². The van der Waals surface area contributed by atoms with Crippen LogP contribution in [0.1, 0.15) is 31.7 Å². The van der Waals surface area contributed by atoms with E-state index < -0.39 is 0 Å². The van der Waals surface area contributed by atoms with E-state index in [1.165, 1.54) is 12.0 Å². The van der Waals surface area contributed by atoms with Gasteiger partial charge in [-0.1, -0.05) is 30.3 Å². The molecule has 2 rings (SSSR count). The summed E-state index contributed by atoms with van der Waals surface area (Å²) in [6, 6.07) is 10.2. The van der Waals surface area contributed by atoms with Gasteiger partial charge in [0.25, 0.3) is 0 Å². The fourth-order valence-corrected chi connectivity index (χ4v) is 2.66. The lowest BCUT2D eigenvalue weighted by atomic mass is 10.1. The maximum absolute atomic E-state index is 11.8. The second kappa shape index (κ2) is 8.80. The van der Waals surface area contributed by atoms with Gasteiger partial charge in [0.15, 0.2) is 0 Å². The molecule has 116 valence electrons. The molecule has 1 aromatic carbocycles. The monoisotopic (exact) mass is 291 g/mol. The van der Waals surface area contributed by atoms with Crippen LogP contribution in [0.3, 0.4) is 0 Å². The molecule has 1 aliphatic rings. The van der Waals surface area contributed by atoms with Crippen molar-refractivity contribution in [1.29, 1.82) is 0 Å². The van der Waals surface area contributed by atoms with Crippen LogP contribution in [0.2, 0.25) is 0 Å². The molecule has 1 aliphatic heterocycles. The zero-order valence-electron chi connectivity index (χ0n) is 12.8. The molecule has 0 amide bonds. The second-order valence-corrected chi connectivity index (χ2v) is 5.45. The standard InChI is InChI=1S/C17H25NO3/c1-2-20-17(19)14-18(12-15-8-4-3-5-9-15)13-16-10-6-7-11-21-16/h3-5,8-9,16H,2,6-7,10-14H2,1H3. The van der Waals surface area contributed by atoms with Crippen LogP contribution in [0.5, 0.6) is 0 Å². The Morgan fingerprint density at radius 3 is 2.81 bits per heavy atom. The third-order valence-electron chi connectivity index (χ3n) is 3.64. The molecular formula is C17H25NO3. The van der Waals surface area contributed by atoms with E-state index >= 15 is 0 Å². The van der Waals surface area contributed by atoms with Crippen LogP contribution in [-0.4, -0.2) is 43.3 Å². The summed E-state index contributed by atoms with van der Waals surface area (Å²) in [6.45, 7) is 4.96. The number of ether oxygens (including phenoxy) is 2. The molecule has 1 atom stereocenters. The lowest BCUT2D eigenvalue weighted by Gasteiger charge is -2.29. The minimum absolute atomic E-state index is 0.163. The van der Waals surface area contributed by atoms with Gasteiger partial charge in [-0.2, -0.15) is 0 Å². The average Bonchev–Trinajstić information content (AvgIpc) is 2.49. The maximum Gasteiger partial charge on any atom is 0.320 e. The normalized spacial score (nSPS) is 18.7. The van der Waals surface area contributed by atoms with E-state index in [2.05, 4.69) is 17.0 Å². The van der Waals surface area contributed by atoms with Crippen molar-refractivity contribution < 1.29 is 14.3 Å². The number of rotatable bonds is 7. The SMILES string of the molecule is CCOC(=O)CN(Cc1ccccc1)CC1CCCCO1. The van der Waals surface area contributed by atoms with E-state index in [4.69, 9.17) is 9.47 Å². The number of carbonyl (C=O) groups is 1. The van der Waals surface area contributed by atoms with Crippen LogP contribution in [0.4, 0.5) is 0 Å². The van der Waals surface area contributed by atoms with E-state index in [1.54, 1.807) is 0 Å². The van der Waals surface area contributed by atoms with Crippen molar-refractivity contribution in [3.05, 3.63) is 35.9 Å². The first-order valence-corrected chi connectivity index (χ1v) is 7.81. The van der Waals surface area contributed by atoms with Gasteiger partial charge >= 0.3 is 5.97 Å². The van der Waals surface area contributed by atoms with E-state index in [0.717, 1.165) is 32.5 Å². The smallest absolute Gasteiger partial charge is 0.320 e. The summed E-state index contributed by atoms with van der Waals surface area (Å²) in [7, 11) is 0. The molecule has 0 aromatic heterocycles. The number of carbonyl (C=O) groups excluding carboxylic acids is 1. The van der Waals surface area contributed by atoms with Gasteiger partial charge in [-0.15, -0.1) is 0 Å². The highest BCUT2D eigenvalue weighted by molar-refractivity contribution is 5.71. The first-order valence-electron chi connectivity index (χ1n) is 7.81. The summed E-state index contributed by atoms with van der Waals surface area (Å²) in [4.78, 5) is 13.9. The van der Waals surface area contributed by atoms with Crippen molar-refractivity contribution in [2.75, 3.05) is 26.3 Å². The molecule has 1 aromatic rings. The summed E-state index contributed by atoms with van der Waals surface area (Å²) in [5.74, 6) is -0.163. The quantitative estimate of drug-likeness (QED) is 0.724. The second-order valence-electron chi connectivity index (χ2n) is 5.45. The molecule has 1 fully saturated rings. The molecule has 1 unspecified atom stereocenters. The largest absolute Gasteiger partial charge is 0.465 e. The molecule has 0 radical (unpaired) electrons. The highest BCUT2D eigenvalue weighted by Gasteiger charge is 2.20. The van der Waals surface area contributed by atoms with Crippen molar-refractivity contribution in [3.63, 3.8) is 0 Å². The van der Waals surface area contributed by atoms with Crippen LogP contribution in [0.25, 0.3) is 0 Å². The number of hydrogen-bond acceptors (Lipinski definition) is 4. The number of hydrogen-bond donors (Lipinski definition) is 0. The first kappa shape index (κ1) is 16.0. The van der Waals surface area contributed by atoms with Crippen molar-refractivity contribution in [1.82, 2.24) is 4.90 Å². The molecule has 21 heavy (non-hydrogen) atoms. The van der Waals surface area contributed by atoms with Crippen LogP contribution < -0.4 is 0 Å². The Labute approximate surface area is 127 Å². The fraction of sp³-hybridized carbons (Fsp3) is 0.588. The number of nitrogens with zero attached hydrogens (tertiary/aromatic N) is 1.